The first-order valence-corrected chi connectivity index (χ1v) is 5.26. The normalized spacial score (nSPS) is 10.8. The molecule has 0 radical (unpaired) electrons. The summed E-state index contributed by atoms with van der Waals surface area (Å²) >= 11 is 0. The fraction of sp³-hybridized carbons (Fsp3) is 0.545. The van der Waals surface area contributed by atoms with E-state index in [-0.39, 0.29) is 19.1 Å². The second kappa shape index (κ2) is 5.53. The van der Waals surface area contributed by atoms with Gasteiger partial charge in [-0.1, -0.05) is 0 Å². The Kier molecular flexibility index (Phi) is 4.34. The van der Waals surface area contributed by atoms with Gasteiger partial charge in [0.05, 0.1) is 19.0 Å². The number of carbonyl (C=O) groups excluding carboxylic acids is 1. The molecule has 0 aliphatic carbocycles. The molecule has 0 amide bonds. The van der Waals surface area contributed by atoms with Gasteiger partial charge in [-0.25, -0.2) is 4.79 Å². The molecule has 2 N–H and O–H groups in total. The maximum Gasteiger partial charge on any atom is 0.355 e. The zero-order valence-corrected chi connectivity index (χ0v) is 9.57. The van der Waals surface area contributed by atoms with Crippen LogP contribution in [0.15, 0.2) is 12.3 Å². The third kappa shape index (κ3) is 2.98. The predicted molar refractivity (Wildman–Crippen MR) is 60.1 cm³/mol. The van der Waals surface area contributed by atoms with Crippen molar-refractivity contribution in [3.8, 4) is 0 Å². The summed E-state index contributed by atoms with van der Waals surface area (Å²) < 4.78 is 18.5. The van der Waals surface area contributed by atoms with Crippen molar-refractivity contribution in [1.29, 1.82) is 0 Å². The molecule has 0 aliphatic heterocycles. The molecular formula is C11H17FN2O2. The number of nitrogens with zero attached hydrogens (tertiary/aromatic N) is 1. The number of halogens is 1. The smallest absolute Gasteiger partial charge is 0.355 e. The number of carbonyl (C=O) groups is 1. The van der Waals surface area contributed by atoms with Crippen molar-refractivity contribution in [2.45, 2.75) is 26.3 Å². The Morgan fingerprint density at radius 2 is 2.31 bits per heavy atom. The topological polar surface area (TPSA) is 57.2 Å². The van der Waals surface area contributed by atoms with Crippen LogP contribution < -0.4 is 5.73 Å². The Balaban J connectivity index is 2.74. The van der Waals surface area contributed by atoms with Crippen LogP contribution in [0.5, 0.6) is 0 Å². The molecular weight excluding hydrogens is 211 g/mol. The molecule has 0 aromatic carbocycles. The van der Waals surface area contributed by atoms with Crippen LogP contribution in [-0.4, -0.2) is 23.8 Å². The minimum atomic E-state index is -0.486. The highest BCUT2D eigenvalue weighted by Gasteiger charge is 2.15. The highest BCUT2D eigenvalue weighted by Crippen LogP contribution is 2.17. The van der Waals surface area contributed by atoms with E-state index in [0.717, 1.165) is 0 Å². The lowest BCUT2D eigenvalue weighted by Gasteiger charge is -2.11. The summed E-state index contributed by atoms with van der Waals surface area (Å²) in [5.41, 5.74) is 6.55. The number of ether oxygens (including phenoxy) is 1. The van der Waals surface area contributed by atoms with Gasteiger partial charge in [-0.2, -0.15) is 0 Å². The van der Waals surface area contributed by atoms with Gasteiger partial charge in [0, 0.05) is 18.7 Å². The fourth-order valence-corrected chi connectivity index (χ4v) is 1.38. The lowest BCUT2D eigenvalue weighted by atomic mass is 10.3. The molecule has 0 fully saturated rings. The van der Waals surface area contributed by atoms with Gasteiger partial charge in [-0.15, -0.1) is 0 Å². The van der Waals surface area contributed by atoms with Crippen molar-refractivity contribution in [2.75, 3.05) is 19.0 Å². The van der Waals surface area contributed by atoms with Crippen LogP contribution in [0.25, 0.3) is 0 Å². The maximum absolute atomic E-state index is 11.8. The number of rotatable bonds is 5. The second-order valence-electron chi connectivity index (χ2n) is 3.84. The average molecular weight is 228 g/mol. The Morgan fingerprint density at radius 3 is 2.88 bits per heavy atom. The molecule has 5 heteroatoms. The second-order valence-corrected chi connectivity index (χ2v) is 3.84. The van der Waals surface area contributed by atoms with Gasteiger partial charge in [-0.05, 0) is 19.9 Å². The number of anilines is 1. The Bertz CT molecular complexity index is 361. The van der Waals surface area contributed by atoms with E-state index in [9.17, 15) is 9.18 Å². The minimum Gasteiger partial charge on any atom is -0.461 e. The lowest BCUT2D eigenvalue weighted by Crippen LogP contribution is -2.14. The van der Waals surface area contributed by atoms with Crippen LogP contribution in [0, 0.1) is 0 Å². The van der Waals surface area contributed by atoms with Gasteiger partial charge in [0.25, 0.3) is 0 Å². The van der Waals surface area contributed by atoms with Crippen molar-refractivity contribution in [3.05, 3.63) is 18.0 Å². The SMILES string of the molecule is CC(C)n1cc(N)cc1C(=O)OCCCF. The van der Waals surface area contributed by atoms with Crippen molar-refractivity contribution in [2.24, 2.45) is 0 Å². The Labute approximate surface area is 94.2 Å². The summed E-state index contributed by atoms with van der Waals surface area (Å²) in [7, 11) is 0. The van der Waals surface area contributed by atoms with E-state index in [0.29, 0.717) is 11.4 Å². The molecule has 1 rings (SSSR count). The van der Waals surface area contributed by atoms with Crippen LogP contribution in [0.4, 0.5) is 10.1 Å². The molecule has 0 unspecified atom stereocenters. The highest BCUT2D eigenvalue weighted by molar-refractivity contribution is 5.89. The first-order chi connectivity index (χ1) is 7.56. The van der Waals surface area contributed by atoms with Crippen molar-refractivity contribution in [3.63, 3.8) is 0 Å². The van der Waals surface area contributed by atoms with E-state index in [4.69, 9.17) is 10.5 Å². The third-order valence-corrected chi connectivity index (χ3v) is 2.15. The summed E-state index contributed by atoms with van der Waals surface area (Å²) in [6.07, 6.45) is 1.92. The van der Waals surface area contributed by atoms with Crippen LogP contribution in [0.3, 0.4) is 0 Å². The van der Waals surface area contributed by atoms with E-state index in [1.54, 1.807) is 16.8 Å². The summed E-state index contributed by atoms with van der Waals surface area (Å²) in [5.74, 6) is -0.459. The molecule has 1 aromatic rings. The van der Waals surface area contributed by atoms with E-state index < -0.39 is 12.6 Å². The largest absolute Gasteiger partial charge is 0.461 e. The highest BCUT2D eigenvalue weighted by atomic mass is 19.1. The number of nitrogen functional groups attached to an aromatic ring is 1. The van der Waals surface area contributed by atoms with E-state index in [2.05, 4.69) is 0 Å². The molecule has 0 saturated heterocycles. The van der Waals surface area contributed by atoms with Gasteiger partial charge >= 0.3 is 5.97 Å². The maximum atomic E-state index is 11.8. The van der Waals surface area contributed by atoms with Crippen LogP contribution >= 0.6 is 0 Å². The van der Waals surface area contributed by atoms with Gasteiger partial charge in [0.15, 0.2) is 0 Å². The number of alkyl halides is 1. The molecule has 0 saturated carbocycles. The van der Waals surface area contributed by atoms with E-state index in [1.165, 1.54) is 0 Å². The van der Waals surface area contributed by atoms with E-state index in [1.807, 2.05) is 13.8 Å². The number of nitrogens with two attached hydrogens (primary N) is 1. The summed E-state index contributed by atoms with van der Waals surface area (Å²) in [4.78, 5) is 11.6. The molecule has 0 bridgehead atoms. The number of aromatic nitrogens is 1. The zero-order valence-electron chi connectivity index (χ0n) is 9.57. The van der Waals surface area contributed by atoms with E-state index >= 15 is 0 Å². The van der Waals surface area contributed by atoms with Gasteiger partial charge in [0.1, 0.15) is 5.69 Å². The summed E-state index contributed by atoms with van der Waals surface area (Å²) in [6, 6.07) is 1.69. The molecule has 16 heavy (non-hydrogen) atoms. The molecule has 90 valence electrons. The Morgan fingerprint density at radius 1 is 1.62 bits per heavy atom. The zero-order chi connectivity index (χ0) is 12.1. The molecule has 1 heterocycles. The summed E-state index contributed by atoms with van der Waals surface area (Å²) in [6.45, 7) is 3.49. The number of hydrogen-bond donors (Lipinski definition) is 1. The minimum absolute atomic E-state index is 0.0957. The molecule has 0 atom stereocenters. The molecule has 4 nitrogen and oxygen atoms in total. The van der Waals surface area contributed by atoms with Crippen LogP contribution in [0.1, 0.15) is 36.8 Å². The standard InChI is InChI=1S/C11H17FN2O2/c1-8(2)14-7-9(13)6-10(14)11(15)16-5-3-4-12/h6-8H,3-5,13H2,1-2H3. The van der Waals surface area contributed by atoms with Gasteiger partial charge in [0.2, 0.25) is 0 Å². The first kappa shape index (κ1) is 12.5. The van der Waals surface area contributed by atoms with Crippen LogP contribution in [-0.2, 0) is 4.74 Å². The lowest BCUT2D eigenvalue weighted by molar-refractivity contribution is 0.0480. The summed E-state index contributed by atoms with van der Waals surface area (Å²) in [5, 5.41) is 0. The van der Waals surface area contributed by atoms with Crippen LogP contribution in [0.2, 0.25) is 0 Å². The first-order valence-electron chi connectivity index (χ1n) is 5.26. The quantitative estimate of drug-likeness (QED) is 0.620. The van der Waals surface area contributed by atoms with Crippen molar-refractivity contribution in [1.82, 2.24) is 4.57 Å². The monoisotopic (exact) mass is 228 g/mol. The number of hydrogen-bond acceptors (Lipinski definition) is 3. The molecule has 0 aliphatic rings. The third-order valence-electron chi connectivity index (χ3n) is 2.15. The predicted octanol–water partition coefficient (Wildman–Crippen LogP) is 2.17. The van der Waals surface area contributed by atoms with Crippen molar-refractivity contribution >= 4 is 11.7 Å². The van der Waals surface area contributed by atoms with Gasteiger partial charge in [-0.3, -0.25) is 4.39 Å². The fourth-order valence-electron chi connectivity index (χ4n) is 1.38. The Hall–Kier alpha value is -1.52. The number of esters is 1. The average Bonchev–Trinajstić information content (AvgIpc) is 2.61. The van der Waals surface area contributed by atoms with Gasteiger partial charge < -0.3 is 15.0 Å². The molecule has 0 spiro atoms. The molecule has 1 aromatic heterocycles. The van der Waals surface area contributed by atoms with Crippen molar-refractivity contribution < 1.29 is 13.9 Å².